The van der Waals surface area contributed by atoms with Gasteiger partial charge in [0.2, 0.25) is 0 Å². The van der Waals surface area contributed by atoms with Crippen molar-refractivity contribution in [3.05, 3.63) is 35.6 Å². The second-order valence-corrected chi connectivity index (χ2v) is 7.56. The van der Waals surface area contributed by atoms with Gasteiger partial charge in [0, 0.05) is 10.9 Å². The Labute approximate surface area is 138 Å². The van der Waals surface area contributed by atoms with Crippen LogP contribution in [0.15, 0.2) is 24.5 Å². The summed E-state index contributed by atoms with van der Waals surface area (Å²) in [5, 5.41) is 0. The molecule has 4 nitrogen and oxygen atoms in total. The standard InChI is InChI=1S/C18H25BO4/c1-12-7-15(21-11-18(6)9-20-10-18)8-13(2)16(12)19-22-14(3)17(4,5)23-19/h7-8H,3,9-11H2,1-2,4-6H3. The Morgan fingerprint density at radius 1 is 1.17 bits per heavy atom. The zero-order valence-electron chi connectivity index (χ0n) is 14.7. The minimum Gasteiger partial charge on any atom is -0.534 e. The van der Waals surface area contributed by atoms with Gasteiger partial charge in [-0.3, -0.25) is 0 Å². The Morgan fingerprint density at radius 3 is 2.22 bits per heavy atom. The summed E-state index contributed by atoms with van der Waals surface area (Å²) in [5.41, 5.74) is 2.94. The number of hydrogen-bond donors (Lipinski definition) is 0. The van der Waals surface area contributed by atoms with Crippen molar-refractivity contribution < 1.29 is 18.8 Å². The van der Waals surface area contributed by atoms with Crippen LogP contribution >= 0.6 is 0 Å². The normalized spacial score (nSPS) is 21.8. The molecule has 0 saturated carbocycles. The summed E-state index contributed by atoms with van der Waals surface area (Å²) in [4.78, 5) is 0. The van der Waals surface area contributed by atoms with E-state index in [1.807, 2.05) is 26.0 Å². The first-order valence-electron chi connectivity index (χ1n) is 8.06. The van der Waals surface area contributed by atoms with Crippen LogP contribution in [0.2, 0.25) is 0 Å². The molecule has 2 aliphatic rings. The van der Waals surface area contributed by atoms with Crippen molar-refractivity contribution in [2.75, 3.05) is 19.8 Å². The van der Waals surface area contributed by atoms with E-state index in [0.717, 1.165) is 35.6 Å². The van der Waals surface area contributed by atoms with E-state index in [1.54, 1.807) is 0 Å². The summed E-state index contributed by atoms with van der Waals surface area (Å²) in [6, 6.07) is 4.10. The average Bonchev–Trinajstić information content (AvgIpc) is 2.67. The minimum absolute atomic E-state index is 0.139. The SMILES string of the molecule is C=C1OB(c2c(C)cc(OCC3(C)COC3)cc2C)OC1(C)C. The first-order valence-corrected chi connectivity index (χ1v) is 8.06. The monoisotopic (exact) mass is 316 g/mol. The van der Waals surface area contributed by atoms with Crippen molar-refractivity contribution in [1.29, 1.82) is 0 Å². The van der Waals surface area contributed by atoms with Gasteiger partial charge < -0.3 is 18.8 Å². The van der Waals surface area contributed by atoms with Crippen molar-refractivity contribution in [3.63, 3.8) is 0 Å². The van der Waals surface area contributed by atoms with Crippen LogP contribution in [0, 0.1) is 19.3 Å². The van der Waals surface area contributed by atoms with E-state index in [1.165, 1.54) is 0 Å². The molecule has 2 aliphatic heterocycles. The van der Waals surface area contributed by atoms with Crippen LogP contribution in [0.5, 0.6) is 5.75 Å². The molecule has 0 radical (unpaired) electrons. The van der Waals surface area contributed by atoms with Crippen molar-refractivity contribution in [2.24, 2.45) is 5.41 Å². The molecule has 2 fully saturated rings. The van der Waals surface area contributed by atoms with Gasteiger partial charge in [0.05, 0.1) is 25.6 Å². The fourth-order valence-corrected chi connectivity index (χ4v) is 2.93. The van der Waals surface area contributed by atoms with Gasteiger partial charge >= 0.3 is 7.12 Å². The highest BCUT2D eigenvalue weighted by Gasteiger charge is 2.44. The summed E-state index contributed by atoms with van der Waals surface area (Å²) in [6.07, 6.45) is 0. The third-order valence-corrected chi connectivity index (χ3v) is 4.61. The van der Waals surface area contributed by atoms with E-state index in [9.17, 15) is 0 Å². The third-order valence-electron chi connectivity index (χ3n) is 4.61. The highest BCUT2D eigenvalue weighted by atomic mass is 16.7. The van der Waals surface area contributed by atoms with Crippen molar-refractivity contribution in [2.45, 2.75) is 40.2 Å². The Kier molecular flexibility index (Phi) is 3.97. The molecule has 0 amide bonds. The maximum absolute atomic E-state index is 6.01. The molecule has 0 bridgehead atoms. The van der Waals surface area contributed by atoms with Crippen molar-refractivity contribution in [1.82, 2.24) is 0 Å². The zero-order chi connectivity index (χ0) is 16.8. The molecule has 23 heavy (non-hydrogen) atoms. The summed E-state index contributed by atoms with van der Waals surface area (Å²) >= 11 is 0. The minimum atomic E-state index is -0.461. The lowest BCUT2D eigenvalue weighted by Gasteiger charge is -2.37. The molecule has 2 saturated heterocycles. The molecule has 2 heterocycles. The number of aryl methyl sites for hydroxylation is 2. The van der Waals surface area contributed by atoms with Crippen LogP contribution in [-0.2, 0) is 14.0 Å². The smallest absolute Gasteiger partial charge is 0.534 e. The largest absolute Gasteiger partial charge is 0.563 e. The first-order chi connectivity index (χ1) is 10.7. The summed E-state index contributed by atoms with van der Waals surface area (Å²) in [7, 11) is -0.399. The zero-order valence-corrected chi connectivity index (χ0v) is 14.7. The highest BCUT2D eigenvalue weighted by molar-refractivity contribution is 6.63. The number of hydrogen-bond acceptors (Lipinski definition) is 4. The Morgan fingerprint density at radius 2 is 1.78 bits per heavy atom. The maximum Gasteiger partial charge on any atom is 0.563 e. The second-order valence-electron chi connectivity index (χ2n) is 7.56. The molecule has 0 atom stereocenters. The van der Waals surface area contributed by atoms with Gasteiger partial charge in [-0.2, -0.15) is 0 Å². The van der Waals surface area contributed by atoms with Crippen LogP contribution in [-0.4, -0.2) is 32.5 Å². The van der Waals surface area contributed by atoms with Crippen LogP contribution < -0.4 is 10.2 Å². The van der Waals surface area contributed by atoms with E-state index in [4.69, 9.17) is 18.8 Å². The fourth-order valence-electron chi connectivity index (χ4n) is 2.93. The van der Waals surface area contributed by atoms with Crippen molar-refractivity contribution >= 4 is 12.6 Å². The predicted octanol–water partition coefficient (Wildman–Crippen LogP) is 2.75. The predicted molar refractivity (Wildman–Crippen MR) is 91.1 cm³/mol. The summed E-state index contributed by atoms with van der Waals surface area (Å²) in [5.74, 6) is 1.55. The highest BCUT2D eigenvalue weighted by Crippen LogP contribution is 2.31. The van der Waals surface area contributed by atoms with Gasteiger partial charge in [-0.05, 0) is 51.0 Å². The average molecular weight is 316 g/mol. The summed E-state index contributed by atoms with van der Waals surface area (Å²) < 4.78 is 23.1. The van der Waals surface area contributed by atoms with Crippen LogP contribution in [0.3, 0.4) is 0 Å². The van der Waals surface area contributed by atoms with Crippen molar-refractivity contribution in [3.8, 4) is 5.75 Å². The molecule has 3 rings (SSSR count). The van der Waals surface area contributed by atoms with E-state index in [0.29, 0.717) is 12.4 Å². The topological polar surface area (TPSA) is 36.9 Å². The van der Waals surface area contributed by atoms with Gasteiger partial charge in [0.15, 0.2) is 0 Å². The molecule has 124 valence electrons. The van der Waals surface area contributed by atoms with Crippen LogP contribution in [0.4, 0.5) is 0 Å². The molecule has 0 spiro atoms. The van der Waals surface area contributed by atoms with Crippen LogP contribution in [0.25, 0.3) is 0 Å². The van der Waals surface area contributed by atoms with Crippen LogP contribution in [0.1, 0.15) is 31.9 Å². The molecule has 0 aliphatic carbocycles. The quantitative estimate of drug-likeness (QED) is 0.801. The van der Waals surface area contributed by atoms with E-state index in [-0.39, 0.29) is 5.41 Å². The Bertz CT molecular complexity index is 611. The van der Waals surface area contributed by atoms with E-state index >= 15 is 0 Å². The molecular formula is C18H25BO4. The maximum atomic E-state index is 6.01. The Balaban J connectivity index is 1.77. The molecular weight excluding hydrogens is 291 g/mol. The molecule has 1 aromatic rings. The molecule has 5 heteroatoms. The van der Waals surface area contributed by atoms with Gasteiger partial charge in [-0.1, -0.05) is 13.5 Å². The van der Waals surface area contributed by atoms with Gasteiger partial charge in [0.25, 0.3) is 0 Å². The van der Waals surface area contributed by atoms with Gasteiger partial charge in [0.1, 0.15) is 11.4 Å². The Hall–Kier alpha value is -1.46. The lowest BCUT2D eigenvalue weighted by atomic mass is 9.73. The lowest BCUT2D eigenvalue weighted by Crippen LogP contribution is -2.44. The molecule has 0 N–H and O–H groups in total. The van der Waals surface area contributed by atoms with Gasteiger partial charge in [-0.15, -0.1) is 0 Å². The molecule has 0 aromatic heterocycles. The first kappa shape index (κ1) is 16.4. The number of rotatable bonds is 4. The van der Waals surface area contributed by atoms with Gasteiger partial charge in [-0.25, -0.2) is 0 Å². The number of ether oxygens (including phenoxy) is 2. The molecule has 1 aromatic carbocycles. The van der Waals surface area contributed by atoms with E-state index < -0.39 is 12.7 Å². The molecule has 0 unspecified atom stereocenters. The second kappa shape index (κ2) is 5.57. The summed E-state index contributed by atoms with van der Waals surface area (Å²) in [6.45, 7) is 16.4. The van der Waals surface area contributed by atoms with E-state index in [2.05, 4.69) is 27.4 Å². The number of benzene rings is 1. The fraction of sp³-hybridized carbons (Fsp3) is 0.556. The lowest BCUT2D eigenvalue weighted by molar-refractivity contribution is -0.120. The third kappa shape index (κ3) is 3.13.